The first kappa shape index (κ1) is 14.8. The molecule has 0 atom stereocenters. The van der Waals surface area contributed by atoms with E-state index in [4.69, 9.17) is 4.74 Å². The molecule has 0 aliphatic heterocycles. The predicted octanol–water partition coefficient (Wildman–Crippen LogP) is 1.20. The quantitative estimate of drug-likeness (QED) is 0.897. The van der Waals surface area contributed by atoms with Crippen LogP contribution in [0, 0.1) is 0 Å². The van der Waals surface area contributed by atoms with Gasteiger partial charge in [0.25, 0.3) is 11.5 Å². The number of carbonyl (C=O) groups is 1. The SMILES string of the molecule is CCn1nc(C(=O)NCc2cccc(OC)c2)ccc1=O. The van der Waals surface area contributed by atoms with E-state index in [2.05, 4.69) is 10.4 Å². The highest BCUT2D eigenvalue weighted by molar-refractivity contribution is 5.91. The van der Waals surface area contributed by atoms with Crippen LogP contribution < -0.4 is 15.6 Å². The molecule has 21 heavy (non-hydrogen) atoms. The second kappa shape index (κ2) is 6.69. The van der Waals surface area contributed by atoms with Gasteiger partial charge >= 0.3 is 0 Å². The standard InChI is InChI=1S/C15H17N3O3/c1-3-18-14(19)8-7-13(17-18)15(20)16-10-11-5-4-6-12(9-11)21-2/h4-9H,3,10H2,1-2H3,(H,16,20). The lowest BCUT2D eigenvalue weighted by Crippen LogP contribution is -2.29. The molecule has 0 radical (unpaired) electrons. The molecule has 1 aromatic carbocycles. The fraction of sp³-hybridized carbons (Fsp3) is 0.267. The summed E-state index contributed by atoms with van der Waals surface area (Å²) in [5.74, 6) is 0.416. The van der Waals surface area contributed by atoms with Gasteiger partial charge in [0, 0.05) is 19.2 Å². The van der Waals surface area contributed by atoms with Crippen LogP contribution in [0.4, 0.5) is 0 Å². The molecule has 0 bridgehead atoms. The van der Waals surface area contributed by atoms with E-state index in [-0.39, 0.29) is 17.2 Å². The molecule has 1 heterocycles. The first-order valence-corrected chi connectivity index (χ1v) is 6.63. The van der Waals surface area contributed by atoms with Gasteiger partial charge in [-0.3, -0.25) is 9.59 Å². The van der Waals surface area contributed by atoms with Crippen molar-refractivity contribution in [2.24, 2.45) is 0 Å². The lowest BCUT2D eigenvalue weighted by molar-refractivity contribution is 0.0943. The molecule has 0 spiro atoms. The summed E-state index contributed by atoms with van der Waals surface area (Å²) in [6.07, 6.45) is 0. The third-order valence-electron chi connectivity index (χ3n) is 2.99. The Hall–Kier alpha value is -2.63. The van der Waals surface area contributed by atoms with Crippen LogP contribution in [-0.4, -0.2) is 22.8 Å². The molecule has 0 saturated carbocycles. The summed E-state index contributed by atoms with van der Waals surface area (Å²) < 4.78 is 6.38. The van der Waals surface area contributed by atoms with Gasteiger partial charge in [-0.1, -0.05) is 12.1 Å². The number of rotatable bonds is 5. The number of carbonyl (C=O) groups excluding carboxylic acids is 1. The van der Waals surface area contributed by atoms with Gasteiger partial charge in [-0.25, -0.2) is 4.68 Å². The molecule has 0 saturated heterocycles. The van der Waals surface area contributed by atoms with Crippen molar-refractivity contribution in [2.45, 2.75) is 20.0 Å². The summed E-state index contributed by atoms with van der Waals surface area (Å²) in [5, 5.41) is 6.77. The Balaban J connectivity index is 2.06. The van der Waals surface area contributed by atoms with Crippen LogP contribution in [-0.2, 0) is 13.1 Å². The van der Waals surface area contributed by atoms with Crippen molar-refractivity contribution >= 4 is 5.91 Å². The van der Waals surface area contributed by atoms with E-state index in [1.54, 1.807) is 14.0 Å². The summed E-state index contributed by atoms with van der Waals surface area (Å²) in [6.45, 7) is 2.59. The Morgan fingerprint density at radius 2 is 2.14 bits per heavy atom. The molecule has 0 fully saturated rings. The number of aryl methyl sites for hydroxylation is 1. The summed E-state index contributed by atoms with van der Waals surface area (Å²) in [5.41, 5.74) is 0.924. The van der Waals surface area contributed by atoms with E-state index in [0.717, 1.165) is 11.3 Å². The minimum absolute atomic E-state index is 0.221. The molecule has 2 rings (SSSR count). The molecule has 110 valence electrons. The fourth-order valence-corrected chi connectivity index (χ4v) is 1.85. The number of nitrogens with one attached hydrogen (secondary N) is 1. The highest BCUT2D eigenvalue weighted by atomic mass is 16.5. The number of methoxy groups -OCH3 is 1. The minimum Gasteiger partial charge on any atom is -0.497 e. The van der Waals surface area contributed by atoms with Gasteiger partial charge in [0.2, 0.25) is 0 Å². The second-order valence-corrected chi connectivity index (χ2v) is 4.41. The Bertz CT molecular complexity index is 695. The highest BCUT2D eigenvalue weighted by Gasteiger charge is 2.09. The van der Waals surface area contributed by atoms with Crippen molar-refractivity contribution in [1.82, 2.24) is 15.1 Å². The first-order valence-electron chi connectivity index (χ1n) is 6.63. The number of ether oxygens (including phenoxy) is 1. The van der Waals surface area contributed by atoms with E-state index < -0.39 is 0 Å². The van der Waals surface area contributed by atoms with Crippen molar-refractivity contribution in [2.75, 3.05) is 7.11 Å². The topological polar surface area (TPSA) is 73.2 Å². The Morgan fingerprint density at radius 3 is 2.86 bits per heavy atom. The summed E-state index contributed by atoms with van der Waals surface area (Å²) in [7, 11) is 1.59. The number of aromatic nitrogens is 2. The molecule has 0 aliphatic carbocycles. The molecule has 6 heteroatoms. The minimum atomic E-state index is -0.319. The van der Waals surface area contributed by atoms with Crippen molar-refractivity contribution in [3.63, 3.8) is 0 Å². The maximum absolute atomic E-state index is 12.0. The highest BCUT2D eigenvalue weighted by Crippen LogP contribution is 2.12. The number of benzene rings is 1. The van der Waals surface area contributed by atoms with Crippen LogP contribution in [0.5, 0.6) is 5.75 Å². The molecular formula is C15H17N3O3. The van der Waals surface area contributed by atoms with Gasteiger partial charge in [0.15, 0.2) is 0 Å². The maximum atomic E-state index is 12.0. The van der Waals surface area contributed by atoms with Crippen molar-refractivity contribution in [3.8, 4) is 5.75 Å². The monoisotopic (exact) mass is 287 g/mol. The first-order chi connectivity index (χ1) is 10.1. The van der Waals surface area contributed by atoms with E-state index in [0.29, 0.717) is 13.1 Å². The smallest absolute Gasteiger partial charge is 0.271 e. The Morgan fingerprint density at radius 1 is 1.33 bits per heavy atom. The zero-order valence-corrected chi connectivity index (χ0v) is 12.0. The van der Waals surface area contributed by atoms with Crippen LogP contribution >= 0.6 is 0 Å². The third-order valence-corrected chi connectivity index (χ3v) is 2.99. The van der Waals surface area contributed by atoms with Gasteiger partial charge in [-0.2, -0.15) is 5.10 Å². The lowest BCUT2D eigenvalue weighted by Gasteiger charge is -2.07. The van der Waals surface area contributed by atoms with E-state index in [9.17, 15) is 9.59 Å². The van der Waals surface area contributed by atoms with Crippen molar-refractivity contribution in [3.05, 3.63) is 58.0 Å². The molecular weight excluding hydrogens is 270 g/mol. The summed E-state index contributed by atoms with van der Waals surface area (Å²) in [4.78, 5) is 23.5. The Kier molecular flexibility index (Phi) is 4.71. The number of amides is 1. The van der Waals surface area contributed by atoms with Crippen LogP contribution in [0.15, 0.2) is 41.2 Å². The molecule has 1 aromatic heterocycles. The molecule has 1 amide bonds. The van der Waals surface area contributed by atoms with Crippen LogP contribution in [0.3, 0.4) is 0 Å². The molecule has 0 aliphatic rings. The zero-order chi connectivity index (χ0) is 15.2. The average Bonchev–Trinajstić information content (AvgIpc) is 2.53. The average molecular weight is 287 g/mol. The largest absolute Gasteiger partial charge is 0.497 e. The van der Waals surface area contributed by atoms with Gasteiger partial charge in [-0.15, -0.1) is 0 Å². The number of hydrogen-bond donors (Lipinski definition) is 1. The normalized spacial score (nSPS) is 10.2. The van der Waals surface area contributed by atoms with Crippen molar-refractivity contribution < 1.29 is 9.53 Å². The molecule has 1 N–H and O–H groups in total. The molecule has 2 aromatic rings. The molecule has 6 nitrogen and oxygen atoms in total. The van der Waals surface area contributed by atoms with Gasteiger partial charge in [-0.05, 0) is 30.7 Å². The maximum Gasteiger partial charge on any atom is 0.271 e. The lowest BCUT2D eigenvalue weighted by atomic mass is 10.2. The van der Waals surface area contributed by atoms with Crippen LogP contribution in [0.2, 0.25) is 0 Å². The van der Waals surface area contributed by atoms with Gasteiger partial charge in [0.05, 0.1) is 7.11 Å². The second-order valence-electron chi connectivity index (χ2n) is 4.41. The zero-order valence-electron chi connectivity index (χ0n) is 12.0. The molecule has 0 unspecified atom stereocenters. The van der Waals surface area contributed by atoms with Crippen molar-refractivity contribution in [1.29, 1.82) is 0 Å². The predicted molar refractivity (Wildman–Crippen MR) is 78.3 cm³/mol. The fourth-order valence-electron chi connectivity index (χ4n) is 1.85. The number of hydrogen-bond acceptors (Lipinski definition) is 4. The van der Waals surface area contributed by atoms with Gasteiger partial charge in [0.1, 0.15) is 11.4 Å². The van der Waals surface area contributed by atoms with E-state index in [1.165, 1.54) is 16.8 Å². The van der Waals surface area contributed by atoms with E-state index >= 15 is 0 Å². The van der Waals surface area contributed by atoms with Crippen LogP contribution in [0.25, 0.3) is 0 Å². The summed E-state index contributed by atoms with van der Waals surface area (Å²) >= 11 is 0. The van der Waals surface area contributed by atoms with E-state index in [1.807, 2.05) is 24.3 Å². The Labute approximate surface area is 122 Å². The van der Waals surface area contributed by atoms with Crippen LogP contribution in [0.1, 0.15) is 23.0 Å². The summed E-state index contributed by atoms with van der Waals surface area (Å²) in [6, 6.07) is 10.2. The third kappa shape index (κ3) is 3.68. The van der Waals surface area contributed by atoms with Gasteiger partial charge < -0.3 is 10.1 Å². The number of nitrogens with zero attached hydrogens (tertiary/aromatic N) is 2.